The maximum atomic E-state index is 4.49. The zero-order valence-electron chi connectivity index (χ0n) is 11.1. The molecule has 3 heterocycles. The van der Waals surface area contributed by atoms with Gasteiger partial charge in [-0.3, -0.25) is 4.40 Å². The Hall–Kier alpha value is -1.47. The summed E-state index contributed by atoms with van der Waals surface area (Å²) in [5.74, 6) is 0.940. The van der Waals surface area contributed by atoms with E-state index in [2.05, 4.69) is 72.7 Å². The van der Waals surface area contributed by atoms with Gasteiger partial charge in [-0.25, -0.2) is 4.98 Å². The third kappa shape index (κ3) is 2.34. The van der Waals surface area contributed by atoms with E-state index in [0.717, 1.165) is 17.2 Å². The van der Waals surface area contributed by atoms with Crippen LogP contribution in [-0.4, -0.2) is 15.3 Å². The lowest BCUT2D eigenvalue weighted by Crippen LogP contribution is -2.17. The molecule has 0 amide bonds. The first kappa shape index (κ1) is 13.2. The number of benzene rings is 1. The third-order valence-corrected chi connectivity index (χ3v) is 5.02. The van der Waals surface area contributed by atoms with Crippen LogP contribution in [0.4, 0.5) is 5.69 Å². The molecule has 3 aromatic rings. The standard InChI is InChI=1S/C16H12IN3S/c17-12-4-6-13(7-5-12)20-11-21-10-15(20)14-9-18-16-3-1-2-8-19(14)16/h1-10H,11H2. The highest BCUT2D eigenvalue weighted by molar-refractivity contribution is 14.1. The number of rotatable bonds is 2. The lowest BCUT2D eigenvalue weighted by atomic mass is 10.2. The summed E-state index contributed by atoms with van der Waals surface area (Å²) in [7, 11) is 0. The van der Waals surface area contributed by atoms with Gasteiger partial charge in [-0.2, -0.15) is 0 Å². The number of aromatic nitrogens is 2. The highest BCUT2D eigenvalue weighted by Gasteiger charge is 2.21. The summed E-state index contributed by atoms with van der Waals surface area (Å²) in [6, 6.07) is 14.7. The largest absolute Gasteiger partial charge is 0.329 e. The summed E-state index contributed by atoms with van der Waals surface area (Å²) < 4.78 is 3.39. The molecule has 0 saturated heterocycles. The number of halogens is 1. The molecule has 0 spiro atoms. The highest BCUT2D eigenvalue weighted by atomic mass is 127. The van der Waals surface area contributed by atoms with E-state index >= 15 is 0 Å². The molecule has 1 aromatic carbocycles. The summed E-state index contributed by atoms with van der Waals surface area (Å²) in [5.41, 5.74) is 4.54. The number of imidazole rings is 1. The van der Waals surface area contributed by atoms with Crippen molar-refractivity contribution >= 4 is 51.4 Å². The minimum absolute atomic E-state index is 0.940. The number of anilines is 1. The average molecular weight is 405 g/mol. The Morgan fingerprint density at radius 3 is 2.81 bits per heavy atom. The van der Waals surface area contributed by atoms with Crippen LogP contribution < -0.4 is 4.90 Å². The predicted octanol–water partition coefficient (Wildman–Crippen LogP) is 4.45. The molecular formula is C16H12IN3S. The molecule has 0 saturated carbocycles. The fourth-order valence-corrected chi connectivity index (χ4v) is 3.76. The highest BCUT2D eigenvalue weighted by Crippen LogP contribution is 2.35. The van der Waals surface area contributed by atoms with Crippen LogP contribution in [0, 0.1) is 3.57 Å². The molecule has 0 bridgehead atoms. The van der Waals surface area contributed by atoms with Gasteiger partial charge in [-0.15, -0.1) is 11.8 Å². The van der Waals surface area contributed by atoms with Crippen molar-refractivity contribution in [1.29, 1.82) is 0 Å². The molecule has 0 N–H and O–H groups in total. The third-order valence-electron chi connectivity index (χ3n) is 3.51. The van der Waals surface area contributed by atoms with Crippen LogP contribution in [0.3, 0.4) is 0 Å². The Bertz CT molecular complexity index is 823. The molecule has 1 aliphatic heterocycles. The second kappa shape index (κ2) is 5.38. The second-order valence-electron chi connectivity index (χ2n) is 4.78. The smallest absolute Gasteiger partial charge is 0.137 e. The first-order chi connectivity index (χ1) is 10.3. The minimum Gasteiger partial charge on any atom is -0.329 e. The van der Waals surface area contributed by atoms with Gasteiger partial charge in [0.2, 0.25) is 0 Å². The maximum absolute atomic E-state index is 4.49. The molecule has 0 unspecified atom stereocenters. The maximum Gasteiger partial charge on any atom is 0.137 e. The van der Waals surface area contributed by atoms with Gasteiger partial charge in [0.15, 0.2) is 0 Å². The van der Waals surface area contributed by atoms with Crippen LogP contribution in [-0.2, 0) is 0 Å². The minimum atomic E-state index is 0.940. The van der Waals surface area contributed by atoms with Gasteiger partial charge in [-0.05, 0) is 64.4 Å². The van der Waals surface area contributed by atoms with E-state index in [1.165, 1.54) is 15.0 Å². The number of nitrogens with zero attached hydrogens (tertiary/aromatic N) is 3. The number of hydrogen-bond acceptors (Lipinski definition) is 3. The zero-order valence-corrected chi connectivity index (χ0v) is 14.1. The monoisotopic (exact) mass is 405 g/mol. The van der Waals surface area contributed by atoms with E-state index in [1.807, 2.05) is 36.2 Å². The molecule has 5 heteroatoms. The number of hydrogen-bond donors (Lipinski definition) is 0. The quantitative estimate of drug-likeness (QED) is 0.588. The van der Waals surface area contributed by atoms with Crippen molar-refractivity contribution in [1.82, 2.24) is 9.38 Å². The average Bonchev–Trinajstić information content (AvgIpc) is 3.14. The summed E-state index contributed by atoms with van der Waals surface area (Å²) in [6.07, 6.45) is 4.01. The molecule has 104 valence electrons. The number of fused-ring (bicyclic) bond motifs is 1. The molecule has 0 radical (unpaired) electrons. The van der Waals surface area contributed by atoms with Gasteiger partial charge in [0, 0.05) is 15.5 Å². The summed E-state index contributed by atoms with van der Waals surface area (Å²) in [4.78, 5) is 6.82. The van der Waals surface area contributed by atoms with Crippen molar-refractivity contribution in [3.63, 3.8) is 0 Å². The molecule has 21 heavy (non-hydrogen) atoms. The normalized spacial score (nSPS) is 14.7. The Balaban J connectivity index is 1.78. The van der Waals surface area contributed by atoms with Crippen LogP contribution in [0.1, 0.15) is 5.69 Å². The first-order valence-electron chi connectivity index (χ1n) is 6.60. The van der Waals surface area contributed by atoms with Gasteiger partial charge in [-0.1, -0.05) is 6.07 Å². The molecule has 0 atom stereocenters. The van der Waals surface area contributed by atoms with Crippen molar-refractivity contribution in [2.45, 2.75) is 0 Å². The first-order valence-corrected chi connectivity index (χ1v) is 8.73. The van der Waals surface area contributed by atoms with Crippen LogP contribution in [0.15, 0.2) is 60.3 Å². The van der Waals surface area contributed by atoms with Crippen molar-refractivity contribution in [2.75, 3.05) is 10.8 Å². The predicted molar refractivity (Wildman–Crippen MR) is 97.3 cm³/mol. The van der Waals surface area contributed by atoms with Gasteiger partial charge in [0.25, 0.3) is 0 Å². The fraction of sp³-hybridized carbons (Fsp3) is 0.0625. The van der Waals surface area contributed by atoms with E-state index in [4.69, 9.17) is 0 Å². The molecular weight excluding hydrogens is 393 g/mol. The molecule has 2 aromatic heterocycles. The van der Waals surface area contributed by atoms with E-state index in [1.54, 1.807) is 0 Å². The lowest BCUT2D eigenvalue weighted by molar-refractivity contribution is 1.11. The second-order valence-corrected chi connectivity index (χ2v) is 6.85. The van der Waals surface area contributed by atoms with E-state index in [9.17, 15) is 0 Å². The van der Waals surface area contributed by atoms with E-state index in [0.29, 0.717) is 0 Å². The fourth-order valence-electron chi connectivity index (χ4n) is 2.48. The SMILES string of the molecule is Ic1ccc(N2CSC=C2c2cnc3ccccn23)cc1. The van der Waals surface area contributed by atoms with Crippen LogP contribution >= 0.6 is 34.4 Å². The van der Waals surface area contributed by atoms with Crippen LogP contribution in [0.2, 0.25) is 0 Å². The topological polar surface area (TPSA) is 20.5 Å². The van der Waals surface area contributed by atoms with Crippen molar-refractivity contribution in [3.8, 4) is 0 Å². The number of pyridine rings is 1. The van der Waals surface area contributed by atoms with Gasteiger partial charge >= 0.3 is 0 Å². The van der Waals surface area contributed by atoms with Gasteiger partial charge in [0.05, 0.1) is 23.5 Å². The molecule has 1 aliphatic rings. The van der Waals surface area contributed by atoms with Gasteiger partial charge < -0.3 is 4.90 Å². The molecule has 0 fully saturated rings. The zero-order chi connectivity index (χ0) is 14.2. The molecule has 0 aliphatic carbocycles. The molecule has 4 rings (SSSR count). The summed E-state index contributed by atoms with van der Waals surface area (Å²) in [5, 5.41) is 2.22. The lowest BCUT2D eigenvalue weighted by Gasteiger charge is -2.21. The van der Waals surface area contributed by atoms with Crippen molar-refractivity contribution in [3.05, 3.63) is 69.5 Å². The molecule has 3 nitrogen and oxygen atoms in total. The number of thioether (sulfide) groups is 1. The van der Waals surface area contributed by atoms with Crippen molar-refractivity contribution < 1.29 is 0 Å². The van der Waals surface area contributed by atoms with Crippen molar-refractivity contribution in [2.24, 2.45) is 0 Å². The van der Waals surface area contributed by atoms with Crippen LogP contribution in [0.25, 0.3) is 11.3 Å². The Morgan fingerprint density at radius 1 is 1.10 bits per heavy atom. The Morgan fingerprint density at radius 2 is 1.95 bits per heavy atom. The van der Waals surface area contributed by atoms with Crippen LogP contribution in [0.5, 0.6) is 0 Å². The Labute approximate surface area is 140 Å². The van der Waals surface area contributed by atoms with E-state index in [-0.39, 0.29) is 0 Å². The van der Waals surface area contributed by atoms with Gasteiger partial charge in [0.1, 0.15) is 5.65 Å². The Kier molecular flexibility index (Phi) is 3.39. The summed E-state index contributed by atoms with van der Waals surface area (Å²) >= 11 is 4.15. The summed E-state index contributed by atoms with van der Waals surface area (Å²) in [6.45, 7) is 0. The van der Waals surface area contributed by atoms with E-state index < -0.39 is 0 Å².